The first-order chi connectivity index (χ1) is 9.69. The normalized spacial score (nSPS) is 10.9. The summed E-state index contributed by atoms with van der Waals surface area (Å²) in [5.41, 5.74) is 3.50. The smallest absolute Gasteiger partial charge is 0.193 e. The fraction of sp³-hybridized carbons (Fsp3) is 0.125. The third-order valence-corrected chi connectivity index (χ3v) is 3.76. The van der Waals surface area contributed by atoms with Gasteiger partial charge in [-0.15, -0.1) is 0 Å². The fourth-order valence-electron chi connectivity index (χ4n) is 2.25. The van der Waals surface area contributed by atoms with E-state index in [9.17, 15) is 4.79 Å². The zero-order valence-corrected chi connectivity index (χ0v) is 12.5. The van der Waals surface area contributed by atoms with Gasteiger partial charge < -0.3 is 4.42 Å². The van der Waals surface area contributed by atoms with E-state index < -0.39 is 0 Å². The summed E-state index contributed by atoms with van der Waals surface area (Å²) >= 11 is 3.45. The van der Waals surface area contributed by atoms with Crippen molar-refractivity contribution in [1.29, 1.82) is 0 Å². The van der Waals surface area contributed by atoms with Crippen LogP contribution in [-0.2, 0) is 5.33 Å². The molecule has 0 bridgehead atoms. The Morgan fingerprint density at radius 1 is 1.20 bits per heavy atom. The van der Waals surface area contributed by atoms with Gasteiger partial charge in [-0.1, -0.05) is 22.0 Å². The first-order valence-corrected chi connectivity index (χ1v) is 7.35. The van der Waals surface area contributed by atoms with E-state index >= 15 is 0 Å². The molecule has 20 heavy (non-hydrogen) atoms. The Morgan fingerprint density at radius 2 is 1.95 bits per heavy atom. The van der Waals surface area contributed by atoms with E-state index in [-0.39, 0.29) is 5.43 Å². The van der Waals surface area contributed by atoms with Crippen LogP contribution in [0.3, 0.4) is 0 Å². The first kappa shape index (κ1) is 13.1. The maximum atomic E-state index is 12.3. The number of aromatic nitrogens is 1. The summed E-state index contributed by atoms with van der Waals surface area (Å²) in [4.78, 5) is 16.3. The molecule has 0 spiro atoms. The molecule has 0 amide bonds. The molecule has 0 aliphatic carbocycles. The molecule has 0 aliphatic rings. The summed E-state index contributed by atoms with van der Waals surface area (Å²) in [6.07, 6.45) is 3.36. The Balaban J connectivity index is 2.34. The Morgan fingerprint density at radius 3 is 2.65 bits per heavy atom. The summed E-state index contributed by atoms with van der Waals surface area (Å²) in [6.45, 7) is 1.97. The monoisotopic (exact) mass is 329 g/mol. The zero-order valence-electron chi connectivity index (χ0n) is 10.9. The number of hydrogen-bond donors (Lipinski definition) is 0. The molecule has 2 heterocycles. The molecular weight excluding hydrogens is 318 g/mol. The molecule has 0 atom stereocenters. The number of alkyl halides is 1. The van der Waals surface area contributed by atoms with Crippen molar-refractivity contribution in [2.45, 2.75) is 12.3 Å². The average molecular weight is 330 g/mol. The van der Waals surface area contributed by atoms with Crippen LogP contribution in [0, 0.1) is 6.92 Å². The van der Waals surface area contributed by atoms with Crippen LogP contribution in [0.15, 0.2) is 51.9 Å². The Hall–Kier alpha value is -1.94. The van der Waals surface area contributed by atoms with E-state index in [0.717, 1.165) is 16.7 Å². The topological polar surface area (TPSA) is 43.1 Å². The molecular formula is C16H12BrNO2. The fourth-order valence-corrected chi connectivity index (χ4v) is 2.66. The van der Waals surface area contributed by atoms with Gasteiger partial charge in [0.2, 0.25) is 0 Å². The predicted molar refractivity (Wildman–Crippen MR) is 83.1 cm³/mol. The lowest BCUT2D eigenvalue weighted by atomic mass is 10.1. The van der Waals surface area contributed by atoms with Gasteiger partial charge in [0.25, 0.3) is 0 Å². The van der Waals surface area contributed by atoms with Crippen molar-refractivity contribution in [3.63, 3.8) is 0 Å². The van der Waals surface area contributed by atoms with Crippen LogP contribution in [-0.4, -0.2) is 4.98 Å². The molecule has 4 heteroatoms. The van der Waals surface area contributed by atoms with Crippen molar-refractivity contribution in [2.75, 3.05) is 0 Å². The van der Waals surface area contributed by atoms with Crippen molar-refractivity contribution in [3.8, 4) is 11.3 Å². The van der Waals surface area contributed by atoms with E-state index in [1.807, 2.05) is 31.2 Å². The number of benzene rings is 1. The molecule has 0 fully saturated rings. The van der Waals surface area contributed by atoms with E-state index in [1.54, 1.807) is 12.4 Å². The molecule has 3 rings (SSSR count). The molecule has 0 N–H and O–H groups in total. The maximum Gasteiger partial charge on any atom is 0.193 e. The number of halogens is 1. The second-order valence-electron chi connectivity index (χ2n) is 4.65. The largest absolute Gasteiger partial charge is 0.455 e. The number of rotatable bonds is 2. The molecule has 0 radical (unpaired) electrons. The average Bonchev–Trinajstić information content (AvgIpc) is 2.48. The molecule has 0 aliphatic heterocycles. The van der Waals surface area contributed by atoms with Gasteiger partial charge in [-0.05, 0) is 30.7 Å². The Labute approximate surface area is 124 Å². The van der Waals surface area contributed by atoms with Crippen molar-refractivity contribution >= 4 is 26.9 Å². The molecule has 0 saturated carbocycles. The maximum absolute atomic E-state index is 12.3. The summed E-state index contributed by atoms with van der Waals surface area (Å²) in [6, 6.07) is 9.08. The Bertz CT molecular complexity index is 825. The number of aryl methyl sites for hydroxylation is 1. The van der Waals surface area contributed by atoms with Crippen LogP contribution < -0.4 is 5.43 Å². The number of fused-ring (bicyclic) bond motifs is 1. The van der Waals surface area contributed by atoms with Crippen LogP contribution in [0.5, 0.6) is 0 Å². The Kier molecular flexibility index (Phi) is 3.40. The van der Waals surface area contributed by atoms with Gasteiger partial charge in [-0.3, -0.25) is 9.78 Å². The molecule has 2 aromatic heterocycles. The van der Waals surface area contributed by atoms with Crippen LogP contribution in [0.4, 0.5) is 0 Å². The molecule has 3 nitrogen and oxygen atoms in total. The number of hydrogen-bond acceptors (Lipinski definition) is 3. The lowest BCUT2D eigenvalue weighted by molar-refractivity contribution is 0.615. The summed E-state index contributed by atoms with van der Waals surface area (Å²) < 4.78 is 5.95. The van der Waals surface area contributed by atoms with Crippen LogP contribution >= 0.6 is 15.9 Å². The van der Waals surface area contributed by atoms with Crippen molar-refractivity contribution in [1.82, 2.24) is 4.98 Å². The van der Waals surface area contributed by atoms with Crippen LogP contribution in [0.25, 0.3) is 22.3 Å². The molecule has 1 aromatic carbocycles. The summed E-state index contributed by atoms with van der Waals surface area (Å²) in [5.74, 6) is 0.566. The minimum atomic E-state index is -0.0241. The van der Waals surface area contributed by atoms with E-state index in [1.165, 1.54) is 6.07 Å². The highest BCUT2D eigenvalue weighted by molar-refractivity contribution is 9.08. The van der Waals surface area contributed by atoms with Crippen molar-refractivity contribution in [2.24, 2.45) is 0 Å². The highest BCUT2D eigenvalue weighted by atomic mass is 79.9. The van der Waals surface area contributed by atoms with Gasteiger partial charge in [-0.2, -0.15) is 0 Å². The standard InChI is InChI=1S/C16H12BrNO2/c1-10-6-12(9-17)16-13(7-10)14(19)8-15(20-16)11-2-4-18-5-3-11/h2-8H,9H2,1H3. The van der Waals surface area contributed by atoms with Crippen LogP contribution in [0.1, 0.15) is 11.1 Å². The SMILES string of the molecule is Cc1cc(CBr)c2oc(-c3ccncc3)cc(=O)c2c1. The van der Waals surface area contributed by atoms with Crippen molar-refractivity contribution < 1.29 is 4.42 Å². The van der Waals surface area contributed by atoms with Gasteiger partial charge in [0.15, 0.2) is 5.43 Å². The highest BCUT2D eigenvalue weighted by Gasteiger charge is 2.10. The first-order valence-electron chi connectivity index (χ1n) is 6.23. The van der Waals surface area contributed by atoms with Gasteiger partial charge in [0.05, 0.1) is 5.39 Å². The third kappa shape index (κ3) is 2.27. The lowest BCUT2D eigenvalue weighted by Gasteiger charge is -2.07. The van der Waals surface area contributed by atoms with E-state index in [4.69, 9.17) is 4.42 Å². The summed E-state index contributed by atoms with van der Waals surface area (Å²) in [7, 11) is 0. The molecule has 0 saturated heterocycles. The van der Waals surface area contributed by atoms with Crippen molar-refractivity contribution in [3.05, 3.63) is 64.1 Å². The number of nitrogens with zero attached hydrogens (tertiary/aromatic N) is 1. The van der Waals surface area contributed by atoms with E-state index in [2.05, 4.69) is 20.9 Å². The minimum absolute atomic E-state index is 0.0241. The predicted octanol–water partition coefficient (Wildman–Crippen LogP) is 4.06. The van der Waals surface area contributed by atoms with Crippen LogP contribution in [0.2, 0.25) is 0 Å². The third-order valence-electron chi connectivity index (χ3n) is 3.16. The van der Waals surface area contributed by atoms with Gasteiger partial charge >= 0.3 is 0 Å². The lowest BCUT2D eigenvalue weighted by Crippen LogP contribution is -2.02. The van der Waals surface area contributed by atoms with Gasteiger partial charge in [0.1, 0.15) is 11.3 Å². The minimum Gasteiger partial charge on any atom is -0.455 e. The van der Waals surface area contributed by atoms with Gasteiger partial charge in [-0.25, -0.2) is 0 Å². The molecule has 0 unspecified atom stereocenters. The second-order valence-corrected chi connectivity index (χ2v) is 5.21. The van der Waals surface area contributed by atoms with Gasteiger partial charge in [0, 0.05) is 34.9 Å². The molecule has 3 aromatic rings. The second kappa shape index (κ2) is 5.21. The quantitative estimate of drug-likeness (QED) is 0.666. The van der Waals surface area contributed by atoms with E-state index in [0.29, 0.717) is 22.1 Å². The highest BCUT2D eigenvalue weighted by Crippen LogP contribution is 2.26. The number of pyridine rings is 1. The summed E-state index contributed by atoms with van der Waals surface area (Å²) in [5, 5.41) is 1.27. The molecule has 100 valence electrons. The zero-order chi connectivity index (χ0) is 14.1.